The summed E-state index contributed by atoms with van der Waals surface area (Å²) in [6.07, 6.45) is 2.68. The molecular weight excluding hydrogens is 588 g/mol. The van der Waals surface area contributed by atoms with Crippen LogP contribution < -0.4 is 9.46 Å². The van der Waals surface area contributed by atoms with Crippen molar-refractivity contribution in [2.24, 2.45) is 7.05 Å². The van der Waals surface area contributed by atoms with Gasteiger partial charge in [0, 0.05) is 42.2 Å². The molecule has 228 valence electrons. The number of nitrogens with zero attached hydrogens (tertiary/aromatic N) is 3. The fraction of sp³-hybridized carbons (Fsp3) is 0.281. The first kappa shape index (κ1) is 29.5. The second-order valence-corrected chi connectivity index (χ2v) is 13.1. The average Bonchev–Trinajstić information content (AvgIpc) is 3.62. The molecule has 0 spiro atoms. The van der Waals surface area contributed by atoms with Crippen molar-refractivity contribution < 1.29 is 26.7 Å². The predicted octanol–water partition coefficient (Wildman–Crippen LogP) is 5.90. The number of aryl methyl sites for hydroxylation is 2. The summed E-state index contributed by atoms with van der Waals surface area (Å²) in [5, 5.41) is 5.30. The van der Waals surface area contributed by atoms with Gasteiger partial charge in [0.1, 0.15) is 11.6 Å². The van der Waals surface area contributed by atoms with Crippen LogP contribution in [0.4, 0.5) is 8.78 Å². The van der Waals surface area contributed by atoms with Crippen LogP contribution in [0.25, 0.3) is 22.3 Å². The van der Waals surface area contributed by atoms with Crippen molar-refractivity contribution in [2.75, 3.05) is 5.75 Å². The monoisotopic (exact) mass is 619 g/mol. The number of carbonyl (C=O) groups is 1. The lowest BCUT2D eigenvalue weighted by Crippen LogP contribution is -2.33. The normalized spacial score (nSPS) is 19.2. The Kier molecular flexibility index (Phi) is 7.70. The lowest BCUT2D eigenvalue weighted by atomic mass is 9.77. The Labute approximate surface area is 253 Å². The third-order valence-corrected chi connectivity index (χ3v) is 9.51. The molecule has 12 heteroatoms. The van der Waals surface area contributed by atoms with E-state index in [0.717, 1.165) is 5.56 Å². The standard InChI is InChI=1S/C32H31F2N5O4S/c1-32(20-8-4-3-5-9-20)15-6-7-17-44(41,42)38-28(40)13-11-23-22-14-16-35-27(22)19-26(34)29(23)43-21-10-12-25(33)24(18-21)30-36-31(32)37-39(30)2/h3-5,8-10,12,14,16,18-19,35H,6-7,11,13,15,17H2,1-2H3,(H,38,40). The Morgan fingerprint density at radius 1 is 1.00 bits per heavy atom. The zero-order valence-electron chi connectivity index (χ0n) is 24.2. The van der Waals surface area contributed by atoms with Crippen molar-refractivity contribution in [1.29, 1.82) is 0 Å². The zero-order valence-corrected chi connectivity index (χ0v) is 25.0. The fourth-order valence-corrected chi connectivity index (χ4v) is 6.90. The molecule has 5 aromatic rings. The van der Waals surface area contributed by atoms with Gasteiger partial charge in [-0.25, -0.2) is 26.9 Å². The number of fused-ring (bicyclic) bond motifs is 8. The second-order valence-electron chi connectivity index (χ2n) is 11.2. The van der Waals surface area contributed by atoms with Crippen molar-refractivity contribution in [3.63, 3.8) is 0 Å². The van der Waals surface area contributed by atoms with E-state index in [-0.39, 0.29) is 47.9 Å². The molecule has 6 rings (SSSR count). The molecule has 1 unspecified atom stereocenters. The topological polar surface area (TPSA) is 119 Å². The molecule has 1 aliphatic rings. The largest absolute Gasteiger partial charge is 0.454 e. The van der Waals surface area contributed by atoms with Gasteiger partial charge in [-0.2, -0.15) is 5.10 Å². The van der Waals surface area contributed by atoms with Gasteiger partial charge in [-0.3, -0.25) is 9.52 Å². The van der Waals surface area contributed by atoms with Crippen LogP contribution in [-0.2, 0) is 33.7 Å². The Hall–Kier alpha value is -4.58. The lowest BCUT2D eigenvalue weighted by Gasteiger charge is -2.27. The molecule has 0 aliphatic carbocycles. The molecule has 1 atom stereocenters. The van der Waals surface area contributed by atoms with E-state index in [0.29, 0.717) is 35.1 Å². The smallest absolute Gasteiger partial charge is 0.234 e. The van der Waals surface area contributed by atoms with Crippen LogP contribution in [0.3, 0.4) is 0 Å². The minimum Gasteiger partial charge on any atom is -0.454 e. The Morgan fingerprint density at radius 2 is 1.80 bits per heavy atom. The Morgan fingerprint density at radius 3 is 2.59 bits per heavy atom. The Bertz CT molecular complexity index is 1970. The van der Waals surface area contributed by atoms with Gasteiger partial charge in [0.2, 0.25) is 15.9 Å². The van der Waals surface area contributed by atoms with Crippen LogP contribution >= 0.6 is 0 Å². The third kappa shape index (κ3) is 5.69. The molecule has 2 N–H and O–H groups in total. The van der Waals surface area contributed by atoms with Gasteiger partial charge >= 0.3 is 0 Å². The van der Waals surface area contributed by atoms with Crippen LogP contribution in [0.5, 0.6) is 11.5 Å². The molecule has 44 heavy (non-hydrogen) atoms. The maximum Gasteiger partial charge on any atom is 0.234 e. The van der Waals surface area contributed by atoms with Gasteiger partial charge in [0.15, 0.2) is 23.2 Å². The Balaban J connectivity index is 1.49. The number of nitrogens with one attached hydrogen (secondary N) is 2. The van der Waals surface area contributed by atoms with Crippen LogP contribution in [-0.4, -0.2) is 39.8 Å². The minimum atomic E-state index is -3.92. The fourth-order valence-electron chi connectivity index (χ4n) is 5.77. The van der Waals surface area contributed by atoms with Crippen molar-refractivity contribution in [1.82, 2.24) is 24.5 Å². The van der Waals surface area contributed by atoms with E-state index in [1.807, 2.05) is 37.3 Å². The molecule has 1 aliphatic heterocycles. The number of aromatic nitrogens is 4. The first-order chi connectivity index (χ1) is 21.0. The minimum absolute atomic E-state index is 0.00106. The average molecular weight is 620 g/mol. The number of ether oxygens (including phenoxy) is 1. The van der Waals surface area contributed by atoms with Crippen LogP contribution in [0, 0.1) is 11.6 Å². The van der Waals surface area contributed by atoms with Gasteiger partial charge in [-0.05, 0) is 56.0 Å². The zero-order chi connectivity index (χ0) is 31.1. The molecule has 0 saturated heterocycles. The van der Waals surface area contributed by atoms with Gasteiger partial charge in [0.05, 0.1) is 16.7 Å². The van der Waals surface area contributed by atoms with Gasteiger partial charge in [0.25, 0.3) is 0 Å². The van der Waals surface area contributed by atoms with E-state index < -0.39 is 33.0 Å². The lowest BCUT2D eigenvalue weighted by molar-refractivity contribution is -0.119. The van der Waals surface area contributed by atoms with Gasteiger partial charge in [-0.1, -0.05) is 36.8 Å². The number of sulfonamides is 1. The first-order valence-electron chi connectivity index (χ1n) is 14.3. The summed E-state index contributed by atoms with van der Waals surface area (Å²) in [6, 6.07) is 16.7. The van der Waals surface area contributed by atoms with Crippen LogP contribution in [0.15, 0.2) is 66.9 Å². The van der Waals surface area contributed by atoms with Gasteiger partial charge in [-0.15, -0.1) is 0 Å². The maximum absolute atomic E-state index is 15.5. The molecule has 1 amide bonds. The molecule has 0 fully saturated rings. The number of hydrogen-bond acceptors (Lipinski definition) is 6. The SMILES string of the molecule is Cn1nc2nc1-c1cc(ccc1F)Oc1c(F)cc3[nH]ccc3c1CCC(=O)NS(=O)(=O)CCCCC2(C)c1ccccc1. The summed E-state index contributed by atoms with van der Waals surface area (Å²) in [7, 11) is -2.25. The number of carbonyl (C=O) groups excluding carboxylic acids is 1. The van der Waals surface area contributed by atoms with Crippen LogP contribution in [0.1, 0.15) is 49.6 Å². The van der Waals surface area contributed by atoms with Crippen molar-refractivity contribution in [3.05, 3.63) is 95.4 Å². The predicted molar refractivity (Wildman–Crippen MR) is 162 cm³/mol. The second kappa shape index (κ2) is 11.5. The number of benzene rings is 3. The molecule has 3 aromatic carbocycles. The van der Waals surface area contributed by atoms with E-state index >= 15 is 8.78 Å². The number of rotatable bonds is 1. The van der Waals surface area contributed by atoms with Crippen molar-refractivity contribution in [3.8, 4) is 22.9 Å². The number of H-pyrrole nitrogens is 1. The summed E-state index contributed by atoms with van der Waals surface area (Å²) in [6.45, 7) is 1.97. The van der Waals surface area contributed by atoms with E-state index in [1.165, 1.54) is 28.9 Å². The summed E-state index contributed by atoms with van der Waals surface area (Å²) in [5.74, 6) is -1.51. The maximum atomic E-state index is 15.5. The summed E-state index contributed by atoms with van der Waals surface area (Å²) < 4.78 is 66.1. The highest BCUT2D eigenvalue weighted by atomic mass is 32.2. The van der Waals surface area contributed by atoms with Gasteiger partial charge < -0.3 is 9.72 Å². The van der Waals surface area contributed by atoms with E-state index in [4.69, 9.17) is 9.72 Å². The summed E-state index contributed by atoms with van der Waals surface area (Å²) >= 11 is 0. The van der Waals surface area contributed by atoms with E-state index in [1.54, 1.807) is 19.3 Å². The number of aromatic amines is 1. The molecule has 2 aromatic heterocycles. The van der Waals surface area contributed by atoms with E-state index in [2.05, 4.69) is 14.8 Å². The quantitative estimate of drug-likeness (QED) is 0.241. The highest BCUT2D eigenvalue weighted by molar-refractivity contribution is 7.90. The molecule has 0 radical (unpaired) electrons. The molecule has 4 bridgehead atoms. The number of hydrogen-bond donors (Lipinski definition) is 2. The number of amides is 1. The molecule has 9 nitrogen and oxygen atoms in total. The first-order valence-corrected chi connectivity index (χ1v) is 16.0. The number of halogens is 2. The summed E-state index contributed by atoms with van der Waals surface area (Å²) in [5.41, 5.74) is 1.16. The third-order valence-electron chi connectivity index (χ3n) is 8.14. The molecule has 0 saturated carbocycles. The van der Waals surface area contributed by atoms with Crippen molar-refractivity contribution >= 4 is 26.8 Å². The van der Waals surface area contributed by atoms with Crippen molar-refractivity contribution in [2.45, 2.75) is 44.4 Å². The van der Waals surface area contributed by atoms with E-state index in [9.17, 15) is 13.2 Å². The van der Waals surface area contributed by atoms with Crippen LogP contribution in [0.2, 0.25) is 0 Å². The highest BCUT2D eigenvalue weighted by Gasteiger charge is 2.34. The highest BCUT2D eigenvalue weighted by Crippen LogP contribution is 2.39. The summed E-state index contributed by atoms with van der Waals surface area (Å²) in [4.78, 5) is 20.5. The molecule has 3 heterocycles. The molecular formula is C32H31F2N5O4S.